The molecule has 0 saturated carbocycles. The van der Waals surface area contributed by atoms with E-state index in [1.807, 2.05) is 43.3 Å². The van der Waals surface area contributed by atoms with E-state index >= 15 is 0 Å². The highest BCUT2D eigenvalue weighted by atomic mass is 35.5. The van der Waals surface area contributed by atoms with Gasteiger partial charge in [-0.3, -0.25) is 0 Å². The van der Waals surface area contributed by atoms with E-state index in [1.54, 1.807) is 6.07 Å². The van der Waals surface area contributed by atoms with Crippen molar-refractivity contribution >= 4 is 17.3 Å². The highest BCUT2D eigenvalue weighted by Gasteiger charge is 2.03. The second-order valence-electron chi connectivity index (χ2n) is 4.10. The van der Waals surface area contributed by atoms with Gasteiger partial charge in [0.25, 0.3) is 0 Å². The fourth-order valence-electron chi connectivity index (χ4n) is 1.80. The molecule has 0 radical (unpaired) electrons. The zero-order valence-corrected chi connectivity index (χ0v) is 10.8. The zero-order valence-electron chi connectivity index (χ0n) is 10.1. The molecule has 3 heteroatoms. The first-order valence-electron chi connectivity index (χ1n) is 5.69. The normalized spacial score (nSPS) is 9.83. The second-order valence-corrected chi connectivity index (χ2v) is 4.50. The molecular formula is C15H13ClN2. The third-order valence-corrected chi connectivity index (χ3v) is 3.06. The first-order chi connectivity index (χ1) is 8.70. The number of nitrogens with zero attached hydrogens (tertiary/aromatic N) is 1. The summed E-state index contributed by atoms with van der Waals surface area (Å²) >= 11 is 6.14. The molecule has 0 aliphatic rings. The number of nitrogens with one attached hydrogen (secondary N) is 1. The maximum Gasteiger partial charge on any atom is 0.0991 e. The highest BCUT2D eigenvalue weighted by Crippen LogP contribution is 2.25. The summed E-state index contributed by atoms with van der Waals surface area (Å²) in [5, 5.41) is 12.9. The van der Waals surface area contributed by atoms with Gasteiger partial charge in [-0.25, -0.2) is 0 Å². The average Bonchev–Trinajstić information content (AvgIpc) is 2.38. The lowest BCUT2D eigenvalue weighted by Gasteiger charge is -2.11. The quantitative estimate of drug-likeness (QED) is 0.896. The lowest BCUT2D eigenvalue weighted by atomic mass is 10.1. The van der Waals surface area contributed by atoms with Gasteiger partial charge in [0.15, 0.2) is 0 Å². The van der Waals surface area contributed by atoms with Crippen molar-refractivity contribution in [3.05, 3.63) is 64.2 Å². The lowest BCUT2D eigenvalue weighted by molar-refractivity contribution is 1.14. The van der Waals surface area contributed by atoms with Crippen LogP contribution in [-0.2, 0) is 6.54 Å². The van der Waals surface area contributed by atoms with E-state index in [2.05, 4.69) is 11.4 Å². The Morgan fingerprint density at radius 1 is 1.22 bits per heavy atom. The highest BCUT2D eigenvalue weighted by molar-refractivity contribution is 6.33. The predicted octanol–water partition coefficient (Wildman–Crippen LogP) is 4.13. The van der Waals surface area contributed by atoms with Crippen molar-refractivity contribution in [1.29, 1.82) is 5.26 Å². The zero-order chi connectivity index (χ0) is 13.0. The van der Waals surface area contributed by atoms with Crippen molar-refractivity contribution in [3.63, 3.8) is 0 Å². The molecule has 0 saturated heterocycles. The number of hydrogen-bond acceptors (Lipinski definition) is 2. The molecule has 1 N–H and O–H groups in total. The van der Waals surface area contributed by atoms with Gasteiger partial charge in [0, 0.05) is 6.54 Å². The summed E-state index contributed by atoms with van der Waals surface area (Å²) in [5.74, 6) is 0. The van der Waals surface area contributed by atoms with Crippen LogP contribution >= 0.6 is 11.6 Å². The van der Waals surface area contributed by atoms with Crippen molar-refractivity contribution in [2.75, 3.05) is 5.32 Å². The Hall–Kier alpha value is -1.98. The summed E-state index contributed by atoms with van der Waals surface area (Å²) in [7, 11) is 0. The Balaban J connectivity index is 2.14. The summed E-state index contributed by atoms with van der Waals surface area (Å²) in [6.45, 7) is 2.67. The van der Waals surface area contributed by atoms with E-state index in [9.17, 15) is 0 Å². The number of anilines is 1. The molecule has 0 unspecified atom stereocenters. The molecule has 0 aliphatic carbocycles. The van der Waals surface area contributed by atoms with Gasteiger partial charge in [-0.05, 0) is 36.2 Å². The smallest absolute Gasteiger partial charge is 0.0991 e. The summed E-state index contributed by atoms with van der Waals surface area (Å²) in [6, 6.07) is 15.5. The molecule has 2 aromatic rings. The number of para-hydroxylation sites is 1. The number of halogens is 1. The van der Waals surface area contributed by atoms with Crippen molar-refractivity contribution in [1.82, 2.24) is 0 Å². The number of rotatable bonds is 3. The molecule has 0 aromatic heterocycles. The standard InChI is InChI=1S/C15H13ClN2/c1-11-4-2-7-14(16)15(11)18-10-13-6-3-5-12(8-13)9-17/h2-8,18H,10H2,1H3. The van der Waals surface area contributed by atoms with Crippen molar-refractivity contribution in [2.24, 2.45) is 0 Å². The summed E-state index contributed by atoms with van der Waals surface area (Å²) < 4.78 is 0. The van der Waals surface area contributed by atoms with Gasteiger partial charge in [-0.2, -0.15) is 5.26 Å². The molecule has 0 atom stereocenters. The van der Waals surface area contributed by atoms with Crippen LogP contribution in [-0.4, -0.2) is 0 Å². The molecule has 2 aromatic carbocycles. The van der Waals surface area contributed by atoms with Crippen LogP contribution in [0.1, 0.15) is 16.7 Å². The molecule has 0 fully saturated rings. The monoisotopic (exact) mass is 256 g/mol. The van der Waals surface area contributed by atoms with Gasteiger partial charge < -0.3 is 5.32 Å². The first kappa shape index (κ1) is 12.5. The van der Waals surface area contributed by atoms with E-state index in [0.717, 1.165) is 16.8 Å². The van der Waals surface area contributed by atoms with Crippen LogP contribution in [0.2, 0.25) is 5.02 Å². The number of aryl methyl sites for hydroxylation is 1. The molecule has 0 aliphatic heterocycles. The fourth-order valence-corrected chi connectivity index (χ4v) is 2.09. The average molecular weight is 257 g/mol. The van der Waals surface area contributed by atoms with Gasteiger partial charge in [-0.1, -0.05) is 35.9 Å². The molecule has 90 valence electrons. The largest absolute Gasteiger partial charge is 0.380 e. The minimum Gasteiger partial charge on any atom is -0.380 e. The Labute approximate surface area is 112 Å². The van der Waals surface area contributed by atoms with Gasteiger partial charge in [-0.15, -0.1) is 0 Å². The summed E-state index contributed by atoms with van der Waals surface area (Å²) in [5.41, 5.74) is 3.79. The number of hydrogen-bond donors (Lipinski definition) is 1. The third kappa shape index (κ3) is 2.82. The molecule has 0 bridgehead atoms. The van der Waals surface area contributed by atoms with Gasteiger partial charge in [0.2, 0.25) is 0 Å². The molecular weight excluding hydrogens is 244 g/mol. The van der Waals surface area contributed by atoms with Crippen molar-refractivity contribution in [3.8, 4) is 6.07 Å². The Kier molecular flexibility index (Phi) is 3.86. The van der Waals surface area contributed by atoms with E-state index in [4.69, 9.17) is 16.9 Å². The molecule has 2 rings (SSSR count). The van der Waals surface area contributed by atoms with Crippen molar-refractivity contribution in [2.45, 2.75) is 13.5 Å². The van der Waals surface area contributed by atoms with Gasteiger partial charge in [0.05, 0.1) is 22.3 Å². The SMILES string of the molecule is Cc1cccc(Cl)c1NCc1cccc(C#N)c1. The predicted molar refractivity (Wildman–Crippen MR) is 74.7 cm³/mol. The van der Waals surface area contributed by atoms with Gasteiger partial charge >= 0.3 is 0 Å². The second kappa shape index (κ2) is 5.57. The summed E-state index contributed by atoms with van der Waals surface area (Å²) in [4.78, 5) is 0. The fraction of sp³-hybridized carbons (Fsp3) is 0.133. The summed E-state index contributed by atoms with van der Waals surface area (Å²) in [6.07, 6.45) is 0. The van der Waals surface area contributed by atoms with E-state index in [1.165, 1.54) is 0 Å². The van der Waals surface area contributed by atoms with Crippen molar-refractivity contribution < 1.29 is 0 Å². The van der Waals surface area contributed by atoms with Crippen LogP contribution in [0.3, 0.4) is 0 Å². The lowest BCUT2D eigenvalue weighted by Crippen LogP contribution is -2.01. The van der Waals surface area contributed by atoms with Crippen LogP contribution < -0.4 is 5.32 Å². The Bertz CT molecular complexity index is 579. The van der Waals surface area contributed by atoms with E-state index < -0.39 is 0 Å². The van der Waals surface area contributed by atoms with Crippen LogP contribution in [0.5, 0.6) is 0 Å². The maximum absolute atomic E-state index is 8.84. The third-order valence-electron chi connectivity index (χ3n) is 2.75. The molecule has 2 nitrogen and oxygen atoms in total. The Morgan fingerprint density at radius 3 is 2.72 bits per heavy atom. The maximum atomic E-state index is 8.84. The number of nitriles is 1. The first-order valence-corrected chi connectivity index (χ1v) is 6.06. The Morgan fingerprint density at radius 2 is 2.00 bits per heavy atom. The van der Waals surface area contributed by atoms with Crippen LogP contribution in [0.25, 0.3) is 0 Å². The minimum atomic E-state index is 0.653. The molecule has 0 spiro atoms. The van der Waals surface area contributed by atoms with E-state index in [-0.39, 0.29) is 0 Å². The van der Waals surface area contributed by atoms with Crippen LogP contribution in [0.15, 0.2) is 42.5 Å². The van der Waals surface area contributed by atoms with Crippen LogP contribution in [0, 0.1) is 18.3 Å². The topological polar surface area (TPSA) is 35.8 Å². The van der Waals surface area contributed by atoms with Crippen LogP contribution in [0.4, 0.5) is 5.69 Å². The van der Waals surface area contributed by atoms with E-state index in [0.29, 0.717) is 17.1 Å². The minimum absolute atomic E-state index is 0.653. The van der Waals surface area contributed by atoms with Gasteiger partial charge in [0.1, 0.15) is 0 Å². The molecule has 0 amide bonds. The molecule has 0 heterocycles. The number of benzene rings is 2. The molecule has 18 heavy (non-hydrogen) atoms.